The molecule has 0 aromatic rings. The molecule has 1 saturated carbocycles. The maximum Gasteiger partial charge on any atom is 0.0259 e. The largest absolute Gasteiger partial charge is 0.312 e. The summed E-state index contributed by atoms with van der Waals surface area (Å²) in [4.78, 5) is 2.82. The minimum Gasteiger partial charge on any atom is -0.312 e. The van der Waals surface area contributed by atoms with Gasteiger partial charge in [0.05, 0.1) is 0 Å². The summed E-state index contributed by atoms with van der Waals surface area (Å²) in [6.45, 7) is 14.6. The molecular weight excluding hydrogens is 232 g/mol. The second-order valence-electron chi connectivity index (χ2n) is 8.14. The van der Waals surface area contributed by atoms with Crippen LogP contribution < -0.4 is 5.32 Å². The van der Waals surface area contributed by atoms with E-state index in [2.05, 4.69) is 44.8 Å². The lowest BCUT2D eigenvalue weighted by atomic mass is 9.72. The Kier molecular flexibility index (Phi) is 4.62. The van der Waals surface area contributed by atoms with Gasteiger partial charge in [0.25, 0.3) is 0 Å². The fourth-order valence-electron chi connectivity index (χ4n) is 4.19. The Labute approximate surface area is 120 Å². The van der Waals surface area contributed by atoms with Crippen molar-refractivity contribution in [1.82, 2.24) is 10.2 Å². The van der Waals surface area contributed by atoms with Crippen LogP contribution >= 0.6 is 0 Å². The topological polar surface area (TPSA) is 15.3 Å². The van der Waals surface area contributed by atoms with Crippen LogP contribution in [0.25, 0.3) is 0 Å². The van der Waals surface area contributed by atoms with Crippen molar-refractivity contribution in [2.45, 2.75) is 90.8 Å². The van der Waals surface area contributed by atoms with Crippen molar-refractivity contribution in [1.29, 1.82) is 0 Å². The van der Waals surface area contributed by atoms with Crippen LogP contribution in [-0.2, 0) is 0 Å². The highest BCUT2D eigenvalue weighted by Crippen LogP contribution is 2.42. The van der Waals surface area contributed by atoms with Crippen molar-refractivity contribution in [2.75, 3.05) is 13.1 Å². The van der Waals surface area contributed by atoms with E-state index in [0.717, 1.165) is 6.04 Å². The summed E-state index contributed by atoms with van der Waals surface area (Å²) in [5.74, 6) is 0. The molecule has 2 fully saturated rings. The first-order valence-corrected chi connectivity index (χ1v) is 8.36. The van der Waals surface area contributed by atoms with Crippen molar-refractivity contribution in [3.8, 4) is 0 Å². The van der Waals surface area contributed by atoms with Crippen molar-refractivity contribution < 1.29 is 0 Å². The van der Waals surface area contributed by atoms with E-state index in [9.17, 15) is 0 Å². The Morgan fingerprint density at radius 1 is 1.16 bits per heavy atom. The monoisotopic (exact) mass is 266 g/mol. The van der Waals surface area contributed by atoms with Gasteiger partial charge in [0, 0.05) is 17.6 Å². The van der Waals surface area contributed by atoms with Gasteiger partial charge in [-0.1, -0.05) is 20.8 Å². The third kappa shape index (κ3) is 3.52. The molecule has 0 radical (unpaired) electrons. The van der Waals surface area contributed by atoms with Gasteiger partial charge in [-0.05, 0) is 70.9 Å². The molecule has 2 heteroatoms. The number of nitrogens with zero attached hydrogens (tertiary/aromatic N) is 1. The van der Waals surface area contributed by atoms with Gasteiger partial charge in [0.1, 0.15) is 0 Å². The molecule has 0 spiro atoms. The van der Waals surface area contributed by atoms with Gasteiger partial charge in [-0.2, -0.15) is 0 Å². The molecule has 1 heterocycles. The Balaban J connectivity index is 2.10. The molecule has 19 heavy (non-hydrogen) atoms. The fraction of sp³-hybridized carbons (Fsp3) is 1.00. The van der Waals surface area contributed by atoms with E-state index in [1.165, 1.54) is 51.6 Å². The van der Waals surface area contributed by atoms with Crippen molar-refractivity contribution in [3.05, 3.63) is 0 Å². The Hall–Kier alpha value is -0.0800. The van der Waals surface area contributed by atoms with Crippen LogP contribution in [0.1, 0.15) is 73.1 Å². The summed E-state index contributed by atoms with van der Waals surface area (Å²) in [5.41, 5.74) is 0.929. The Morgan fingerprint density at radius 2 is 1.89 bits per heavy atom. The number of hydrogen-bond acceptors (Lipinski definition) is 2. The molecule has 112 valence electrons. The molecule has 1 aliphatic heterocycles. The van der Waals surface area contributed by atoms with E-state index >= 15 is 0 Å². The molecule has 0 bridgehead atoms. The average molecular weight is 266 g/mol. The van der Waals surface area contributed by atoms with Crippen molar-refractivity contribution in [2.24, 2.45) is 5.41 Å². The summed E-state index contributed by atoms with van der Waals surface area (Å²) >= 11 is 0. The highest BCUT2D eigenvalue weighted by Gasteiger charge is 2.44. The molecule has 2 rings (SSSR count). The minimum absolute atomic E-state index is 0.407. The van der Waals surface area contributed by atoms with Gasteiger partial charge in [-0.15, -0.1) is 0 Å². The van der Waals surface area contributed by atoms with Gasteiger partial charge >= 0.3 is 0 Å². The Morgan fingerprint density at radius 3 is 2.47 bits per heavy atom. The first-order valence-electron chi connectivity index (χ1n) is 8.36. The van der Waals surface area contributed by atoms with E-state index in [1.54, 1.807) is 0 Å². The number of hydrogen-bond donors (Lipinski definition) is 1. The van der Waals surface area contributed by atoms with Gasteiger partial charge in [-0.25, -0.2) is 0 Å². The zero-order valence-electron chi connectivity index (χ0n) is 13.8. The predicted molar refractivity (Wildman–Crippen MR) is 83.5 cm³/mol. The summed E-state index contributed by atoms with van der Waals surface area (Å²) in [5, 5.41) is 3.83. The molecule has 1 saturated heterocycles. The zero-order chi connectivity index (χ0) is 14.1. The third-order valence-electron chi connectivity index (χ3n) is 5.38. The zero-order valence-corrected chi connectivity index (χ0v) is 13.8. The highest BCUT2D eigenvalue weighted by molar-refractivity contribution is 5.01. The molecule has 2 unspecified atom stereocenters. The maximum absolute atomic E-state index is 3.83. The second kappa shape index (κ2) is 5.73. The standard InChI is InChI=1S/C17H34N2/c1-6-11-18-14-8-10-16(2,3)13-15(14)19-12-7-9-17(19,4)5/h14-15,18H,6-13H2,1-5H3. The van der Waals surface area contributed by atoms with Crippen LogP contribution in [0.4, 0.5) is 0 Å². The number of nitrogens with one attached hydrogen (secondary N) is 1. The van der Waals surface area contributed by atoms with E-state index in [4.69, 9.17) is 0 Å². The molecular formula is C17H34N2. The number of rotatable bonds is 4. The minimum atomic E-state index is 0.407. The van der Waals surface area contributed by atoms with Crippen LogP contribution in [-0.4, -0.2) is 35.6 Å². The van der Waals surface area contributed by atoms with E-state index in [0.29, 0.717) is 17.0 Å². The molecule has 0 aromatic heterocycles. The first kappa shape index (κ1) is 15.3. The predicted octanol–water partition coefficient (Wildman–Crippen LogP) is 3.81. The summed E-state index contributed by atoms with van der Waals surface area (Å²) in [6, 6.07) is 1.46. The van der Waals surface area contributed by atoms with E-state index < -0.39 is 0 Å². The van der Waals surface area contributed by atoms with Crippen LogP contribution in [0.2, 0.25) is 0 Å². The van der Waals surface area contributed by atoms with E-state index in [-0.39, 0.29) is 0 Å². The van der Waals surface area contributed by atoms with Crippen LogP contribution in [0.5, 0.6) is 0 Å². The van der Waals surface area contributed by atoms with Gasteiger partial charge in [0.15, 0.2) is 0 Å². The third-order valence-corrected chi connectivity index (χ3v) is 5.38. The Bertz CT molecular complexity index is 296. The van der Waals surface area contributed by atoms with Gasteiger partial charge < -0.3 is 5.32 Å². The lowest BCUT2D eigenvalue weighted by molar-refractivity contribution is 0.0270. The lowest BCUT2D eigenvalue weighted by Gasteiger charge is -2.49. The van der Waals surface area contributed by atoms with Gasteiger partial charge in [0.2, 0.25) is 0 Å². The van der Waals surface area contributed by atoms with Gasteiger partial charge in [-0.3, -0.25) is 4.90 Å². The smallest absolute Gasteiger partial charge is 0.0259 e. The van der Waals surface area contributed by atoms with Crippen molar-refractivity contribution in [3.63, 3.8) is 0 Å². The quantitative estimate of drug-likeness (QED) is 0.832. The summed E-state index contributed by atoms with van der Waals surface area (Å²) in [7, 11) is 0. The molecule has 2 nitrogen and oxygen atoms in total. The molecule has 0 aromatic carbocycles. The van der Waals surface area contributed by atoms with Crippen LogP contribution in [0.3, 0.4) is 0 Å². The molecule has 2 aliphatic rings. The van der Waals surface area contributed by atoms with Crippen LogP contribution in [0, 0.1) is 5.41 Å². The normalized spacial score (nSPS) is 34.6. The SMILES string of the molecule is CCCNC1CCC(C)(C)CC1N1CCCC1(C)C. The van der Waals surface area contributed by atoms with Crippen molar-refractivity contribution >= 4 is 0 Å². The average Bonchev–Trinajstić information content (AvgIpc) is 2.66. The van der Waals surface area contributed by atoms with E-state index in [1.807, 2.05) is 0 Å². The van der Waals surface area contributed by atoms with Crippen LogP contribution in [0.15, 0.2) is 0 Å². The number of likely N-dealkylation sites (tertiary alicyclic amines) is 1. The fourth-order valence-corrected chi connectivity index (χ4v) is 4.19. The molecule has 1 N–H and O–H groups in total. The molecule has 1 aliphatic carbocycles. The molecule has 2 atom stereocenters. The second-order valence-corrected chi connectivity index (χ2v) is 8.14. The summed E-state index contributed by atoms with van der Waals surface area (Å²) < 4.78 is 0. The first-order chi connectivity index (χ1) is 8.86. The lowest BCUT2D eigenvalue weighted by Crippen LogP contribution is -2.58. The maximum atomic E-state index is 3.83. The summed E-state index contributed by atoms with van der Waals surface area (Å²) in [6.07, 6.45) is 8.08. The highest BCUT2D eigenvalue weighted by atomic mass is 15.3. The molecule has 0 amide bonds.